The van der Waals surface area contributed by atoms with Gasteiger partial charge in [-0.05, 0) is 37.1 Å². The quantitative estimate of drug-likeness (QED) is 0.697. The lowest BCUT2D eigenvalue weighted by Gasteiger charge is -2.39. The molecule has 2 aromatic rings. The van der Waals surface area contributed by atoms with E-state index in [1.54, 1.807) is 6.20 Å². The molecule has 0 spiro atoms. The van der Waals surface area contributed by atoms with Crippen molar-refractivity contribution >= 4 is 23.1 Å². The second kappa shape index (κ2) is 9.25. The fraction of sp³-hybridized carbons (Fsp3) is 0.364. The van der Waals surface area contributed by atoms with Crippen LogP contribution in [0.3, 0.4) is 0 Å². The number of para-hydroxylation sites is 1. The van der Waals surface area contributed by atoms with E-state index >= 15 is 0 Å². The molecule has 1 aromatic heterocycles. The van der Waals surface area contributed by atoms with Crippen molar-refractivity contribution in [1.82, 2.24) is 4.98 Å². The van der Waals surface area contributed by atoms with E-state index in [-0.39, 0.29) is 18.0 Å². The predicted octanol–water partition coefficient (Wildman–Crippen LogP) is 3.14. The zero-order valence-corrected chi connectivity index (χ0v) is 16.4. The van der Waals surface area contributed by atoms with Crippen molar-refractivity contribution in [1.29, 1.82) is 0 Å². The van der Waals surface area contributed by atoms with Crippen molar-refractivity contribution < 1.29 is 4.79 Å². The molecular weight excluding hydrogens is 350 g/mol. The fourth-order valence-electron chi connectivity index (χ4n) is 3.54. The molecule has 4 N–H and O–H groups in total. The highest BCUT2D eigenvalue weighted by atomic mass is 16.2. The van der Waals surface area contributed by atoms with Crippen molar-refractivity contribution in [2.45, 2.75) is 38.8 Å². The van der Waals surface area contributed by atoms with Gasteiger partial charge in [0.25, 0.3) is 0 Å². The van der Waals surface area contributed by atoms with Gasteiger partial charge in [0.1, 0.15) is 5.82 Å². The SMILES string of the molecule is CCC(=O)N1c2ccccc2[C@H](Nc2ccc(NCC#CCN)cn2)C[C@@H]1C. The second-order valence-corrected chi connectivity index (χ2v) is 6.80. The summed E-state index contributed by atoms with van der Waals surface area (Å²) in [7, 11) is 0. The van der Waals surface area contributed by atoms with E-state index in [1.807, 2.05) is 42.2 Å². The summed E-state index contributed by atoms with van der Waals surface area (Å²) in [4.78, 5) is 18.9. The Morgan fingerprint density at radius 2 is 2.11 bits per heavy atom. The third kappa shape index (κ3) is 4.44. The molecule has 2 atom stereocenters. The molecule has 2 heterocycles. The van der Waals surface area contributed by atoms with Gasteiger partial charge < -0.3 is 21.3 Å². The molecule has 1 amide bonds. The van der Waals surface area contributed by atoms with Crippen LogP contribution in [0.25, 0.3) is 0 Å². The number of anilines is 3. The van der Waals surface area contributed by atoms with E-state index in [0.717, 1.165) is 29.2 Å². The Morgan fingerprint density at radius 1 is 1.29 bits per heavy atom. The molecule has 6 heteroatoms. The largest absolute Gasteiger partial charge is 0.373 e. The van der Waals surface area contributed by atoms with Gasteiger partial charge in [-0.2, -0.15) is 0 Å². The number of nitrogens with two attached hydrogens (primary N) is 1. The zero-order chi connectivity index (χ0) is 19.9. The summed E-state index contributed by atoms with van der Waals surface area (Å²) in [6, 6.07) is 12.3. The van der Waals surface area contributed by atoms with Crippen LogP contribution in [0.15, 0.2) is 42.6 Å². The van der Waals surface area contributed by atoms with Gasteiger partial charge in [0.15, 0.2) is 0 Å². The average Bonchev–Trinajstić information content (AvgIpc) is 2.72. The van der Waals surface area contributed by atoms with Gasteiger partial charge in [-0.3, -0.25) is 4.79 Å². The topological polar surface area (TPSA) is 83.3 Å². The van der Waals surface area contributed by atoms with Crippen LogP contribution in [0.1, 0.15) is 38.3 Å². The highest BCUT2D eigenvalue weighted by Crippen LogP contribution is 2.38. The zero-order valence-electron chi connectivity index (χ0n) is 16.4. The molecule has 0 fully saturated rings. The molecule has 0 radical (unpaired) electrons. The number of benzene rings is 1. The van der Waals surface area contributed by atoms with Gasteiger partial charge in [0, 0.05) is 18.2 Å². The lowest BCUT2D eigenvalue weighted by Crippen LogP contribution is -2.44. The van der Waals surface area contributed by atoms with Crippen LogP contribution in [-0.2, 0) is 4.79 Å². The average molecular weight is 377 g/mol. The smallest absolute Gasteiger partial charge is 0.226 e. The Morgan fingerprint density at radius 3 is 2.82 bits per heavy atom. The first-order valence-corrected chi connectivity index (χ1v) is 9.67. The molecule has 3 rings (SSSR count). The third-order valence-electron chi connectivity index (χ3n) is 4.85. The maximum atomic E-state index is 12.4. The molecular formula is C22H27N5O. The Hall–Kier alpha value is -3.04. The first kappa shape index (κ1) is 19.7. The summed E-state index contributed by atoms with van der Waals surface area (Å²) in [6.45, 7) is 4.91. The molecule has 1 aliphatic heterocycles. The number of hydrogen-bond donors (Lipinski definition) is 3. The first-order valence-electron chi connectivity index (χ1n) is 9.67. The van der Waals surface area contributed by atoms with Crippen LogP contribution in [0.4, 0.5) is 17.2 Å². The minimum Gasteiger partial charge on any atom is -0.373 e. The number of hydrogen-bond acceptors (Lipinski definition) is 5. The maximum absolute atomic E-state index is 12.4. The number of carbonyl (C=O) groups is 1. The second-order valence-electron chi connectivity index (χ2n) is 6.80. The number of nitrogens with one attached hydrogen (secondary N) is 2. The summed E-state index contributed by atoms with van der Waals surface area (Å²) in [6.07, 6.45) is 3.12. The van der Waals surface area contributed by atoms with Gasteiger partial charge in [0.05, 0.1) is 31.0 Å². The van der Waals surface area contributed by atoms with E-state index in [9.17, 15) is 4.79 Å². The Kier molecular flexibility index (Phi) is 6.51. The molecule has 6 nitrogen and oxygen atoms in total. The minimum atomic E-state index is 0.105. The fourth-order valence-corrected chi connectivity index (χ4v) is 3.54. The first-order chi connectivity index (χ1) is 13.6. The van der Waals surface area contributed by atoms with E-state index < -0.39 is 0 Å². The van der Waals surface area contributed by atoms with Gasteiger partial charge >= 0.3 is 0 Å². The van der Waals surface area contributed by atoms with E-state index in [0.29, 0.717) is 19.5 Å². The maximum Gasteiger partial charge on any atom is 0.226 e. The normalized spacial score (nSPS) is 17.9. The number of fused-ring (bicyclic) bond motifs is 1. The number of rotatable bonds is 5. The van der Waals surface area contributed by atoms with Gasteiger partial charge in [-0.1, -0.05) is 37.0 Å². The number of amides is 1. The molecule has 0 unspecified atom stereocenters. The van der Waals surface area contributed by atoms with E-state index in [1.165, 1.54) is 0 Å². The Bertz CT molecular complexity index is 868. The molecule has 0 bridgehead atoms. The van der Waals surface area contributed by atoms with Crippen LogP contribution >= 0.6 is 0 Å². The summed E-state index contributed by atoms with van der Waals surface area (Å²) < 4.78 is 0. The van der Waals surface area contributed by atoms with Crippen molar-refractivity contribution in [3.05, 3.63) is 48.2 Å². The number of nitrogens with zero attached hydrogens (tertiary/aromatic N) is 2. The highest BCUT2D eigenvalue weighted by molar-refractivity contribution is 5.95. The predicted molar refractivity (Wildman–Crippen MR) is 114 cm³/mol. The van der Waals surface area contributed by atoms with Crippen LogP contribution in [0.2, 0.25) is 0 Å². The van der Waals surface area contributed by atoms with Crippen LogP contribution in [0, 0.1) is 11.8 Å². The number of aromatic nitrogens is 1. The van der Waals surface area contributed by atoms with E-state index in [2.05, 4.69) is 40.4 Å². The van der Waals surface area contributed by atoms with E-state index in [4.69, 9.17) is 5.73 Å². The molecule has 0 saturated carbocycles. The summed E-state index contributed by atoms with van der Waals surface area (Å²) in [5, 5.41) is 6.72. The van der Waals surface area contributed by atoms with Crippen LogP contribution < -0.4 is 21.3 Å². The lowest BCUT2D eigenvalue weighted by molar-refractivity contribution is -0.118. The number of pyridine rings is 1. The molecule has 146 valence electrons. The third-order valence-corrected chi connectivity index (χ3v) is 4.85. The van der Waals surface area contributed by atoms with Crippen LogP contribution in [-0.4, -0.2) is 30.0 Å². The molecule has 1 aromatic carbocycles. The van der Waals surface area contributed by atoms with Gasteiger partial charge in [-0.25, -0.2) is 4.98 Å². The van der Waals surface area contributed by atoms with Crippen LogP contribution in [0.5, 0.6) is 0 Å². The molecule has 0 saturated heterocycles. The summed E-state index contributed by atoms with van der Waals surface area (Å²) in [5.74, 6) is 6.72. The number of carbonyl (C=O) groups excluding carboxylic acids is 1. The van der Waals surface area contributed by atoms with Crippen molar-refractivity contribution in [3.8, 4) is 11.8 Å². The molecule has 1 aliphatic rings. The van der Waals surface area contributed by atoms with Gasteiger partial charge in [0.2, 0.25) is 5.91 Å². The monoisotopic (exact) mass is 377 g/mol. The lowest BCUT2D eigenvalue weighted by atomic mass is 9.91. The standard InChI is InChI=1S/C22H27N5O/c1-3-22(28)27-16(2)14-19(18-8-4-5-9-20(18)27)26-21-11-10-17(15-25-21)24-13-7-6-12-23/h4-5,8-11,15-16,19,24H,3,12-14,23H2,1-2H3,(H,25,26)/t16-,19+/m0/s1. The van der Waals surface area contributed by atoms with Crippen molar-refractivity contribution in [3.63, 3.8) is 0 Å². The molecule has 28 heavy (non-hydrogen) atoms. The highest BCUT2D eigenvalue weighted by Gasteiger charge is 2.32. The Balaban J connectivity index is 1.74. The van der Waals surface area contributed by atoms with Crippen molar-refractivity contribution in [2.75, 3.05) is 28.6 Å². The summed E-state index contributed by atoms with van der Waals surface area (Å²) in [5.41, 5.74) is 8.38. The summed E-state index contributed by atoms with van der Waals surface area (Å²) >= 11 is 0. The molecule has 0 aliphatic carbocycles. The van der Waals surface area contributed by atoms with Gasteiger partial charge in [-0.15, -0.1) is 0 Å². The Labute approximate surface area is 166 Å². The minimum absolute atomic E-state index is 0.105. The van der Waals surface area contributed by atoms with Crippen molar-refractivity contribution in [2.24, 2.45) is 5.73 Å².